The molecule has 2 N–H and O–H groups in total. The van der Waals surface area contributed by atoms with E-state index in [1.54, 1.807) is 30.5 Å². The molecule has 5 nitrogen and oxygen atoms in total. The summed E-state index contributed by atoms with van der Waals surface area (Å²) in [4.78, 5) is 4.14. The number of guanidine groups is 1. The van der Waals surface area contributed by atoms with Gasteiger partial charge in [-0.3, -0.25) is 4.99 Å². The number of halogens is 2. The molecule has 0 unspecified atom stereocenters. The van der Waals surface area contributed by atoms with Crippen molar-refractivity contribution in [3.05, 3.63) is 46.2 Å². The molecule has 0 bridgehead atoms. The highest BCUT2D eigenvalue weighted by atomic mass is 32.1. The van der Waals surface area contributed by atoms with Crippen LogP contribution in [0.2, 0.25) is 0 Å². The lowest BCUT2D eigenvalue weighted by Gasteiger charge is -2.15. The Balaban J connectivity index is 1.99. The molecule has 142 valence electrons. The highest BCUT2D eigenvalue weighted by molar-refractivity contribution is 7.07. The minimum atomic E-state index is -2.90. The molecule has 0 spiro atoms. The first-order chi connectivity index (χ1) is 12.6. The van der Waals surface area contributed by atoms with Crippen LogP contribution in [0.4, 0.5) is 8.78 Å². The van der Waals surface area contributed by atoms with Crippen LogP contribution >= 0.6 is 11.3 Å². The summed E-state index contributed by atoms with van der Waals surface area (Å²) in [5.74, 6) is 1.17. The Hall–Kier alpha value is -2.35. The zero-order valence-electron chi connectivity index (χ0n) is 14.8. The normalized spacial score (nSPS) is 11.5. The molecule has 0 aliphatic rings. The van der Waals surface area contributed by atoms with Crippen molar-refractivity contribution in [2.75, 3.05) is 13.7 Å². The molecule has 26 heavy (non-hydrogen) atoms. The molecule has 0 radical (unpaired) electrons. The lowest BCUT2D eigenvalue weighted by Crippen LogP contribution is -2.36. The van der Waals surface area contributed by atoms with Crippen LogP contribution in [0.3, 0.4) is 0 Å². The van der Waals surface area contributed by atoms with E-state index in [0.717, 1.165) is 12.0 Å². The third-order valence-corrected chi connectivity index (χ3v) is 4.17. The lowest BCUT2D eigenvalue weighted by atomic mass is 10.2. The Labute approximate surface area is 156 Å². The molecule has 8 heteroatoms. The van der Waals surface area contributed by atoms with Crippen LogP contribution in [-0.2, 0) is 13.1 Å². The van der Waals surface area contributed by atoms with Gasteiger partial charge in [0.2, 0.25) is 0 Å². The Morgan fingerprint density at radius 2 is 2.04 bits per heavy atom. The van der Waals surface area contributed by atoms with Gasteiger partial charge in [-0.25, -0.2) is 0 Å². The minimum Gasteiger partial charge on any atom is -0.493 e. The summed E-state index contributed by atoms with van der Waals surface area (Å²) in [6.45, 7) is 0.521. The zero-order chi connectivity index (χ0) is 18.8. The molecule has 0 atom stereocenters. The van der Waals surface area contributed by atoms with Gasteiger partial charge < -0.3 is 20.1 Å². The second kappa shape index (κ2) is 10.6. The van der Waals surface area contributed by atoms with E-state index in [1.807, 2.05) is 23.8 Å². The SMILES string of the molecule is CCCOc1ccc(CNC(=NC)NCc2ccsc2)c(OC(F)F)c1. The number of ether oxygens (including phenoxy) is 2. The summed E-state index contributed by atoms with van der Waals surface area (Å²) < 4.78 is 35.5. The maximum atomic E-state index is 12.7. The van der Waals surface area contributed by atoms with Crippen molar-refractivity contribution in [3.8, 4) is 11.5 Å². The summed E-state index contributed by atoms with van der Waals surface area (Å²) in [7, 11) is 1.65. The number of alkyl halides is 2. The first-order valence-corrected chi connectivity index (χ1v) is 9.22. The number of thiophene rings is 1. The Morgan fingerprint density at radius 3 is 2.69 bits per heavy atom. The zero-order valence-corrected chi connectivity index (χ0v) is 15.6. The van der Waals surface area contributed by atoms with Crippen molar-refractivity contribution in [1.82, 2.24) is 10.6 Å². The third-order valence-electron chi connectivity index (χ3n) is 3.44. The highest BCUT2D eigenvalue weighted by Crippen LogP contribution is 2.26. The maximum Gasteiger partial charge on any atom is 0.387 e. The monoisotopic (exact) mass is 383 g/mol. The fourth-order valence-corrected chi connectivity index (χ4v) is 2.84. The average Bonchev–Trinajstić information content (AvgIpc) is 3.14. The van der Waals surface area contributed by atoms with Gasteiger partial charge in [0.15, 0.2) is 5.96 Å². The van der Waals surface area contributed by atoms with Gasteiger partial charge in [-0.1, -0.05) is 6.92 Å². The van der Waals surface area contributed by atoms with Crippen LogP contribution in [0.25, 0.3) is 0 Å². The van der Waals surface area contributed by atoms with Crippen LogP contribution in [-0.4, -0.2) is 26.2 Å². The van der Waals surface area contributed by atoms with Gasteiger partial charge in [0, 0.05) is 31.8 Å². The van der Waals surface area contributed by atoms with Crippen LogP contribution < -0.4 is 20.1 Å². The summed E-state index contributed by atoms with van der Waals surface area (Å²) in [6, 6.07) is 6.96. The smallest absolute Gasteiger partial charge is 0.387 e. The quantitative estimate of drug-likeness (QED) is 0.508. The van der Waals surface area contributed by atoms with Crippen molar-refractivity contribution in [2.24, 2.45) is 4.99 Å². The number of hydrogen-bond acceptors (Lipinski definition) is 4. The first kappa shape index (κ1) is 20.0. The molecular formula is C18H23F2N3O2S. The van der Waals surface area contributed by atoms with Gasteiger partial charge in [0.1, 0.15) is 11.5 Å². The van der Waals surface area contributed by atoms with Crippen molar-refractivity contribution < 1.29 is 18.3 Å². The Morgan fingerprint density at radius 1 is 1.23 bits per heavy atom. The fraction of sp³-hybridized carbons (Fsp3) is 0.389. The summed E-state index contributed by atoms with van der Waals surface area (Å²) >= 11 is 1.62. The van der Waals surface area contributed by atoms with Gasteiger partial charge in [0.05, 0.1) is 6.61 Å². The number of benzene rings is 1. The van der Waals surface area contributed by atoms with Crippen molar-refractivity contribution in [1.29, 1.82) is 0 Å². The van der Waals surface area contributed by atoms with Gasteiger partial charge >= 0.3 is 6.61 Å². The maximum absolute atomic E-state index is 12.7. The lowest BCUT2D eigenvalue weighted by molar-refractivity contribution is -0.0505. The number of aliphatic imine (C=N–C) groups is 1. The molecule has 1 aromatic heterocycles. The summed E-state index contributed by atoms with van der Waals surface area (Å²) in [5.41, 5.74) is 1.74. The Kier molecular flexibility index (Phi) is 8.14. The van der Waals surface area contributed by atoms with Crippen molar-refractivity contribution in [3.63, 3.8) is 0 Å². The fourth-order valence-electron chi connectivity index (χ4n) is 2.17. The molecule has 0 fully saturated rings. The number of nitrogens with zero attached hydrogens (tertiary/aromatic N) is 1. The molecule has 2 rings (SSSR count). The van der Waals surface area contributed by atoms with E-state index in [0.29, 0.717) is 37.0 Å². The van der Waals surface area contributed by atoms with E-state index >= 15 is 0 Å². The largest absolute Gasteiger partial charge is 0.493 e. The van der Waals surface area contributed by atoms with E-state index in [2.05, 4.69) is 20.4 Å². The van der Waals surface area contributed by atoms with Crippen molar-refractivity contribution >= 4 is 17.3 Å². The molecule has 0 saturated carbocycles. The second-order valence-corrected chi connectivity index (χ2v) is 6.19. The summed E-state index contributed by atoms with van der Waals surface area (Å²) in [5, 5.41) is 10.3. The van der Waals surface area contributed by atoms with Gasteiger partial charge in [-0.15, -0.1) is 0 Å². The number of nitrogens with one attached hydrogen (secondary N) is 2. The topological polar surface area (TPSA) is 54.9 Å². The summed E-state index contributed by atoms with van der Waals surface area (Å²) in [6.07, 6.45) is 0.834. The molecule has 0 amide bonds. The highest BCUT2D eigenvalue weighted by Gasteiger charge is 2.12. The second-order valence-electron chi connectivity index (χ2n) is 5.41. The van der Waals surface area contributed by atoms with E-state index < -0.39 is 6.61 Å². The van der Waals surface area contributed by atoms with Crippen LogP contribution in [0.1, 0.15) is 24.5 Å². The van der Waals surface area contributed by atoms with Gasteiger partial charge in [0.25, 0.3) is 0 Å². The predicted octanol–water partition coefficient (Wildman–Crippen LogP) is 4.00. The number of rotatable bonds is 9. The molecule has 1 heterocycles. The number of hydrogen-bond donors (Lipinski definition) is 2. The standard InChI is InChI=1S/C18H23F2N3O2S/c1-3-7-24-15-5-4-14(16(9-15)25-17(19)20)11-23-18(21-2)22-10-13-6-8-26-12-13/h4-6,8-9,12,17H,3,7,10-11H2,1-2H3,(H2,21,22,23). The molecular weight excluding hydrogens is 360 g/mol. The molecule has 0 saturated heterocycles. The third kappa shape index (κ3) is 6.51. The molecule has 1 aromatic carbocycles. The van der Waals surface area contributed by atoms with Gasteiger partial charge in [-0.2, -0.15) is 20.1 Å². The first-order valence-electron chi connectivity index (χ1n) is 8.28. The average molecular weight is 383 g/mol. The van der Waals surface area contributed by atoms with E-state index in [-0.39, 0.29) is 5.75 Å². The van der Waals surface area contributed by atoms with Crippen LogP contribution in [0.15, 0.2) is 40.0 Å². The molecule has 0 aliphatic heterocycles. The van der Waals surface area contributed by atoms with E-state index in [4.69, 9.17) is 4.74 Å². The van der Waals surface area contributed by atoms with Crippen molar-refractivity contribution in [2.45, 2.75) is 33.0 Å². The molecule has 2 aromatic rings. The Bertz CT molecular complexity index is 694. The van der Waals surface area contributed by atoms with Crippen LogP contribution in [0.5, 0.6) is 11.5 Å². The predicted molar refractivity (Wildman–Crippen MR) is 100 cm³/mol. The van der Waals surface area contributed by atoms with E-state index in [9.17, 15) is 8.78 Å². The van der Waals surface area contributed by atoms with Gasteiger partial charge in [-0.05, 0) is 40.9 Å². The minimum absolute atomic E-state index is 0.0920. The molecule has 0 aliphatic carbocycles. The van der Waals surface area contributed by atoms with Crippen LogP contribution in [0, 0.1) is 0 Å². The van der Waals surface area contributed by atoms with E-state index in [1.165, 1.54) is 6.07 Å².